The summed E-state index contributed by atoms with van der Waals surface area (Å²) in [5.74, 6) is -0.387. The standard InChI is InChI=1S/C18H25N3O4S/c1-2-26(24,25)20-10-4-6-14(13-20)18(23)19-15-7-3-8-16(12-15)21-11-5-9-17(21)22/h3,7-8,12,14H,2,4-6,9-11,13H2,1H3,(H,19,23). The zero-order chi connectivity index (χ0) is 18.7. The number of hydrogen-bond donors (Lipinski definition) is 1. The number of anilines is 2. The molecular formula is C18H25N3O4S. The third-order valence-electron chi connectivity index (χ3n) is 5.01. The third kappa shape index (κ3) is 4.07. The number of piperidine rings is 1. The van der Waals surface area contributed by atoms with Gasteiger partial charge in [-0.2, -0.15) is 0 Å². The molecule has 2 heterocycles. The number of amides is 2. The summed E-state index contributed by atoms with van der Waals surface area (Å²) in [7, 11) is -3.28. The molecule has 2 saturated heterocycles. The number of carbonyl (C=O) groups is 2. The predicted molar refractivity (Wildman–Crippen MR) is 100 cm³/mol. The molecule has 1 unspecified atom stereocenters. The smallest absolute Gasteiger partial charge is 0.228 e. The van der Waals surface area contributed by atoms with Crippen LogP contribution in [0.3, 0.4) is 0 Å². The van der Waals surface area contributed by atoms with Crippen molar-refractivity contribution in [2.24, 2.45) is 5.92 Å². The maximum absolute atomic E-state index is 12.6. The van der Waals surface area contributed by atoms with Crippen LogP contribution in [0.1, 0.15) is 32.6 Å². The Morgan fingerprint density at radius 2 is 2.08 bits per heavy atom. The van der Waals surface area contributed by atoms with E-state index in [0.29, 0.717) is 38.0 Å². The van der Waals surface area contributed by atoms with Crippen molar-refractivity contribution >= 4 is 33.2 Å². The van der Waals surface area contributed by atoms with Gasteiger partial charge in [-0.3, -0.25) is 9.59 Å². The highest BCUT2D eigenvalue weighted by atomic mass is 32.2. The number of nitrogens with zero attached hydrogens (tertiary/aromatic N) is 2. The molecule has 1 aromatic rings. The molecule has 0 spiro atoms. The minimum atomic E-state index is -3.28. The topological polar surface area (TPSA) is 86.8 Å². The normalized spacial score (nSPS) is 21.8. The van der Waals surface area contributed by atoms with E-state index in [-0.39, 0.29) is 30.0 Å². The molecule has 0 aliphatic carbocycles. The van der Waals surface area contributed by atoms with E-state index in [9.17, 15) is 18.0 Å². The van der Waals surface area contributed by atoms with Crippen molar-refractivity contribution in [3.05, 3.63) is 24.3 Å². The van der Waals surface area contributed by atoms with Gasteiger partial charge in [0.05, 0.1) is 11.7 Å². The second kappa shape index (κ2) is 7.75. The highest BCUT2D eigenvalue weighted by molar-refractivity contribution is 7.89. The Balaban J connectivity index is 1.67. The second-order valence-corrected chi connectivity index (χ2v) is 9.04. The van der Waals surface area contributed by atoms with Gasteiger partial charge in [0.1, 0.15) is 0 Å². The molecule has 1 aromatic carbocycles. The summed E-state index contributed by atoms with van der Waals surface area (Å²) in [6.45, 7) is 3.02. The van der Waals surface area contributed by atoms with Gasteiger partial charge < -0.3 is 10.2 Å². The fourth-order valence-corrected chi connectivity index (χ4v) is 4.69. The molecule has 0 saturated carbocycles. The Bertz CT molecular complexity index is 793. The fourth-order valence-electron chi connectivity index (χ4n) is 3.51. The van der Waals surface area contributed by atoms with Crippen molar-refractivity contribution in [1.82, 2.24) is 4.31 Å². The van der Waals surface area contributed by atoms with Gasteiger partial charge in [-0.05, 0) is 44.4 Å². The van der Waals surface area contributed by atoms with Gasteiger partial charge in [-0.25, -0.2) is 12.7 Å². The Labute approximate surface area is 154 Å². The molecule has 2 aliphatic heterocycles. The molecule has 2 aliphatic rings. The number of hydrogen-bond acceptors (Lipinski definition) is 4. The van der Waals surface area contributed by atoms with Crippen LogP contribution in [0.15, 0.2) is 24.3 Å². The van der Waals surface area contributed by atoms with Crippen LogP contribution >= 0.6 is 0 Å². The molecule has 0 bridgehead atoms. The minimum absolute atomic E-state index is 0.0489. The molecule has 142 valence electrons. The molecular weight excluding hydrogens is 354 g/mol. The van der Waals surface area contributed by atoms with Gasteiger partial charge in [-0.15, -0.1) is 0 Å². The van der Waals surface area contributed by atoms with Crippen molar-refractivity contribution in [2.45, 2.75) is 32.6 Å². The molecule has 8 heteroatoms. The summed E-state index contributed by atoms with van der Waals surface area (Å²) in [5.41, 5.74) is 1.41. The number of benzene rings is 1. The van der Waals surface area contributed by atoms with Gasteiger partial charge in [0, 0.05) is 37.4 Å². The monoisotopic (exact) mass is 379 g/mol. The van der Waals surface area contributed by atoms with Crippen molar-refractivity contribution in [3.63, 3.8) is 0 Å². The largest absolute Gasteiger partial charge is 0.326 e. The first kappa shape index (κ1) is 18.8. The van der Waals surface area contributed by atoms with Crippen LogP contribution < -0.4 is 10.2 Å². The van der Waals surface area contributed by atoms with Crippen LogP contribution in [0.25, 0.3) is 0 Å². The minimum Gasteiger partial charge on any atom is -0.326 e. The van der Waals surface area contributed by atoms with E-state index in [0.717, 1.165) is 12.1 Å². The van der Waals surface area contributed by atoms with Crippen LogP contribution in [0.5, 0.6) is 0 Å². The van der Waals surface area contributed by atoms with Crippen LogP contribution in [0, 0.1) is 5.92 Å². The Kier molecular flexibility index (Phi) is 5.62. The first-order valence-corrected chi connectivity index (χ1v) is 10.7. The zero-order valence-corrected chi connectivity index (χ0v) is 15.8. The summed E-state index contributed by atoms with van der Waals surface area (Å²) in [4.78, 5) is 26.2. The van der Waals surface area contributed by atoms with Crippen molar-refractivity contribution in [1.29, 1.82) is 0 Å². The highest BCUT2D eigenvalue weighted by Crippen LogP contribution is 2.26. The molecule has 0 radical (unpaired) electrons. The number of rotatable bonds is 5. The lowest BCUT2D eigenvalue weighted by molar-refractivity contribution is -0.121. The molecule has 2 amide bonds. The SMILES string of the molecule is CCS(=O)(=O)N1CCCC(C(=O)Nc2cccc(N3CCCC3=O)c2)C1. The lowest BCUT2D eigenvalue weighted by atomic mass is 9.98. The van der Waals surface area contributed by atoms with Gasteiger partial charge in [0.25, 0.3) is 0 Å². The van der Waals surface area contributed by atoms with Crippen molar-refractivity contribution in [2.75, 3.05) is 35.6 Å². The van der Waals surface area contributed by atoms with Gasteiger partial charge in [0.15, 0.2) is 0 Å². The van der Waals surface area contributed by atoms with Crippen molar-refractivity contribution < 1.29 is 18.0 Å². The lowest BCUT2D eigenvalue weighted by Crippen LogP contribution is -2.44. The molecule has 1 N–H and O–H groups in total. The van der Waals surface area contributed by atoms with E-state index in [1.807, 2.05) is 12.1 Å². The summed E-state index contributed by atoms with van der Waals surface area (Å²) < 4.78 is 25.5. The van der Waals surface area contributed by atoms with Crippen LogP contribution in [-0.4, -0.2) is 49.9 Å². The first-order valence-electron chi connectivity index (χ1n) is 9.10. The summed E-state index contributed by atoms with van der Waals surface area (Å²) >= 11 is 0. The quantitative estimate of drug-likeness (QED) is 0.845. The average Bonchev–Trinajstić information content (AvgIpc) is 3.08. The van der Waals surface area contributed by atoms with E-state index in [4.69, 9.17) is 0 Å². The number of nitrogens with one attached hydrogen (secondary N) is 1. The van der Waals surface area contributed by atoms with E-state index >= 15 is 0 Å². The third-order valence-corrected chi connectivity index (χ3v) is 6.86. The lowest BCUT2D eigenvalue weighted by Gasteiger charge is -2.31. The van der Waals surface area contributed by atoms with Gasteiger partial charge in [-0.1, -0.05) is 6.07 Å². The Hall–Kier alpha value is -1.93. The molecule has 7 nitrogen and oxygen atoms in total. The summed E-state index contributed by atoms with van der Waals surface area (Å²) in [6, 6.07) is 7.25. The average molecular weight is 379 g/mol. The highest BCUT2D eigenvalue weighted by Gasteiger charge is 2.31. The van der Waals surface area contributed by atoms with E-state index in [2.05, 4.69) is 5.32 Å². The van der Waals surface area contributed by atoms with Gasteiger partial charge >= 0.3 is 0 Å². The van der Waals surface area contributed by atoms with Crippen LogP contribution in [0.4, 0.5) is 11.4 Å². The summed E-state index contributed by atoms with van der Waals surface area (Å²) in [5, 5.41) is 2.88. The maximum atomic E-state index is 12.6. The van der Waals surface area contributed by atoms with E-state index in [1.165, 1.54) is 4.31 Å². The maximum Gasteiger partial charge on any atom is 0.228 e. The molecule has 1 atom stereocenters. The van der Waals surface area contributed by atoms with Crippen LogP contribution in [0.2, 0.25) is 0 Å². The predicted octanol–water partition coefficient (Wildman–Crippen LogP) is 1.81. The molecule has 26 heavy (non-hydrogen) atoms. The molecule has 3 rings (SSSR count). The molecule has 0 aromatic heterocycles. The number of sulfonamides is 1. The molecule has 2 fully saturated rings. The van der Waals surface area contributed by atoms with Crippen molar-refractivity contribution in [3.8, 4) is 0 Å². The summed E-state index contributed by atoms with van der Waals surface area (Å²) in [6.07, 6.45) is 2.76. The second-order valence-electron chi connectivity index (χ2n) is 6.79. The Morgan fingerprint density at radius 1 is 1.27 bits per heavy atom. The number of carbonyl (C=O) groups excluding carboxylic acids is 2. The zero-order valence-electron chi connectivity index (χ0n) is 15.0. The van der Waals surface area contributed by atoms with E-state index < -0.39 is 10.0 Å². The first-order chi connectivity index (χ1) is 12.4. The Morgan fingerprint density at radius 3 is 2.77 bits per heavy atom. The van der Waals surface area contributed by atoms with E-state index in [1.54, 1.807) is 24.0 Å². The van der Waals surface area contributed by atoms with Crippen LogP contribution in [-0.2, 0) is 19.6 Å². The van der Waals surface area contributed by atoms with Gasteiger partial charge in [0.2, 0.25) is 21.8 Å². The fraction of sp³-hybridized carbons (Fsp3) is 0.556.